The Bertz CT molecular complexity index is 386. The van der Waals surface area contributed by atoms with Gasteiger partial charge >= 0.3 is 5.97 Å². The van der Waals surface area contributed by atoms with Gasteiger partial charge in [0.05, 0.1) is 13.7 Å². The summed E-state index contributed by atoms with van der Waals surface area (Å²) >= 11 is 1.47. The van der Waals surface area contributed by atoms with Crippen LogP contribution in [0.2, 0.25) is 0 Å². The standard InChI is InChI=1S/C13H18FNO3S/c1-18-13(17)12(9-19-7-6-16)15-8-10-2-4-11(14)5-3-10/h2-5,12,15-16H,6-9H2,1H3. The quantitative estimate of drug-likeness (QED) is 0.555. The van der Waals surface area contributed by atoms with Crippen LogP contribution in [0.4, 0.5) is 4.39 Å². The Morgan fingerprint density at radius 2 is 2.16 bits per heavy atom. The highest BCUT2D eigenvalue weighted by Gasteiger charge is 2.18. The van der Waals surface area contributed by atoms with Crippen molar-refractivity contribution in [1.82, 2.24) is 5.32 Å². The van der Waals surface area contributed by atoms with Crippen molar-refractivity contribution in [2.45, 2.75) is 12.6 Å². The highest BCUT2D eigenvalue weighted by molar-refractivity contribution is 7.99. The van der Waals surface area contributed by atoms with Crippen molar-refractivity contribution in [1.29, 1.82) is 0 Å². The van der Waals surface area contributed by atoms with Gasteiger partial charge < -0.3 is 9.84 Å². The van der Waals surface area contributed by atoms with Crippen molar-refractivity contribution in [2.75, 3.05) is 25.2 Å². The van der Waals surface area contributed by atoms with Crippen LogP contribution in [0.5, 0.6) is 0 Å². The van der Waals surface area contributed by atoms with Gasteiger partial charge in [0.25, 0.3) is 0 Å². The van der Waals surface area contributed by atoms with Crippen LogP contribution in [0, 0.1) is 5.82 Å². The highest BCUT2D eigenvalue weighted by Crippen LogP contribution is 2.06. The monoisotopic (exact) mass is 287 g/mol. The summed E-state index contributed by atoms with van der Waals surface area (Å²) in [5.74, 6) is 0.472. The molecule has 0 saturated heterocycles. The number of carbonyl (C=O) groups excluding carboxylic acids is 1. The van der Waals surface area contributed by atoms with Crippen molar-refractivity contribution in [3.8, 4) is 0 Å². The Morgan fingerprint density at radius 3 is 2.74 bits per heavy atom. The van der Waals surface area contributed by atoms with Crippen molar-refractivity contribution >= 4 is 17.7 Å². The molecule has 0 aromatic heterocycles. The molecule has 0 aliphatic heterocycles. The molecule has 0 bridgehead atoms. The normalized spacial score (nSPS) is 12.2. The first-order valence-corrected chi connectivity index (χ1v) is 7.07. The van der Waals surface area contributed by atoms with E-state index in [-0.39, 0.29) is 18.4 Å². The molecule has 1 aromatic rings. The summed E-state index contributed by atoms with van der Waals surface area (Å²) in [4.78, 5) is 11.6. The molecule has 106 valence electrons. The van der Waals surface area contributed by atoms with Gasteiger partial charge in [-0.25, -0.2) is 4.39 Å². The number of aliphatic hydroxyl groups is 1. The molecule has 1 aromatic carbocycles. The maximum absolute atomic E-state index is 12.8. The van der Waals surface area contributed by atoms with Crippen LogP contribution >= 0.6 is 11.8 Å². The van der Waals surface area contributed by atoms with Gasteiger partial charge in [0.15, 0.2) is 0 Å². The van der Waals surface area contributed by atoms with Gasteiger partial charge in [-0.2, -0.15) is 11.8 Å². The molecule has 0 heterocycles. The number of nitrogens with one attached hydrogen (secondary N) is 1. The van der Waals surface area contributed by atoms with E-state index in [1.807, 2.05) is 0 Å². The van der Waals surface area contributed by atoms with Gasteiger partial charge in [0.2, 0.25) is 0 Å². The summed E-state index contributed by atoms with van der Waals surface area (Å²) in [5, 5.41) is 11.8. The maximum atomic E-state index is 12.8. The maximum Gasteiger partial charge on any atom is 0.323 e. The van der Waals surface area contributed by atoms with Crippen LogP contribution in [-0.2, 0) is 16.1 Å². The SMILES string of the molecule is COC(=O)C(CSCCO)NCc1ccc(F)cc1. The summed E-state index contributed by atoms with van der Waals surface area (Å²) in [7, 11) is 1.34. The fourth-order valence-corrected chi connectivity index (χ4v) is 2.25. The number of thioether (sulfide) groups is 1. The first kappa shape index (κ1) is 15.9. The fourth-order valence-electron chi connectivity index (χ4n) is 1.46. The summed E-state index contributed by atoms with van der Waals surface area (Å²) in [6.07, 6.45) is 0. The second-order valence-electron chi connectivity index (χ2n) is 3.88. The highest BCUT2D eigenvalue weighted by atomic mass is 32.2. The number of methoxy groups -OCH3 is 1. The summed E-state index contributed by atoms with van der Waals surface area (Å²) < 4.78 is 17.5. The lowest BCUT2D eigenvalue weighted by Gasteiger charge is -2.16. The average Bonchev–Trinajstić information content (AvgIpc) is 2.43. The smallest absolute Gasteiger partial charge is 0.323 e. The number of carbonyl (C=O) groups is 1. The molecule has 6 heteroatoms. The van der Waals surface area contributed by atoms with E-state index in [1.54, 1.807) is 12.1 Å². The molecule has 1 unspecified atom stereocenters. The molecule has 0 amide bonds. The van der Waals surface area contributed by atoms with E-state index in [0.29, 0.717) is 18.1 Å². The van der Waals surface area contributed by atoms with Gasteiger partial charge in [0.1, 0.15) is 11.9 Å². The Hall–Kier alpha value is -1.11. The van der Waals surface area contributed by atoms with Crippen LogP contribution in [0.15, 0.2) is 24.3 Å². The van der Waals surface area contributed by atoms with Gasteiger partial charge in [-0.05, 0) is 17.7 Å². The minimum atomic E-state index is -0.438. The van der Waals surface area contributed by atoms with Crippen molar-refractivity contribution < 1.29 is 19.0 Å². The van der Waals surface area contributed by atoms with E-state index >= 15 is 0 Å². The van der Waals surface area contributed by atoms with Gasteiger partial charge in [-0.3, -0.25) is 10.1 Å². The van der Waals surface area contributed by atoms with E-state index in [1.165, 1.54) is 31.0 Å². The molecule has 1 rings (SSSR count). The molecular formula is C13H18FNO3S. The largest absolute Gasteiger partial charge is 0.468 e. The van der Waals surface area contributed by atoms with Gasteiger partial charge in [0, 0.05) is 18.1 Å². The second kappa shape index (κ2) is 8.90. The Kier molecular flexibility index (Phi) is 7.47. The zero-order valence-corrected chi connectivity index (χ0v) is 11.6. The minimum absolute atomic E-state index is 0.0799. The summed E-state index contributed by atoms with van der Waals surface area (Å²) in [6.45, 7) is 0.538. The van der Waals surface area contributed by atoms with Crippen molar-refractivity contribution in [3.63, 3.8) is 0 Å². The van der Waals surface area contributed by atoms with Gasteiger partial charge in [-0.1, -0.05) is 12.1 Å². The third kappa shape index (κ3) is 6.04. The second-order valence-corrected chi connectivity index (χ2v) is 5.03. The summed E-state index contributed by atoms with van der Waals surface area (Å²) in [6, 6.07) is 5.65. The molecule has 0 aliphatic carbocycles. The van der Waals surface area contributed by atoms with E-state index in [0.717, 1.165) is 5.56 Å². The van der Waals surface area contributed by atoms with E-state index in [9.17, 15) is 9.18 Å². The molecule has 0 spiro atoms. The first-order chi connectivity index (χ1) is 9.17. The van der Waals surface area contributed by atoms with Gasteiger partial charge in [-0.15, -0.1) is 0 Å². The summed E-state index contributed by atoms with van der Waals surface area (Å²) in [5.41, 5.74) is 0.891. The number of hydrogen-bond donors (Lipinski definition) is 2. The predicted molar refractivity (Wildman–Crippen MR) is 73.5 cm³/mol. The number of rotatable bonds is 8. The molecule has 0 saturated carbocycles. The predicted octanol–water partition coefficient (Wildman–Crippen LogP) is 1.18. The topological polar surface area (TPSA) is 58.6 Å². The van der Waals surface area contributed by atoms with Crippen LogP contribution in [0.3, 0.4) is 0 Å². The van der Waals surface area contributed by atoms with Crippen molar-refractivity contribution in [3.05, 3.63) is 35.6 Å². The first-order valence-electron chi connectivity index (χ1n) is 5.91. The molecule has 0 radical (unpaired) electrons. The van der Waals surface area contributed by atoms with Crippen LogP contribution in [0.1, 0.15) is 5.56 Å². The van der Waals surface area contributed by atoms with E-state index in [2.05, 4.69) is 5.32 Å². The average molecular weight is 287 g/mol. The lowest BCUT2D eigenvalue weighted by molar-refractivity contribution is -0.142. The van der Waals surface area contributed by atoms with Crippen molar-refractivity contribution in [2.24, 2.45) is 0 Å². The van der Waals surface area contributed by atoms with Crippen LogP contribution in [-0.4, -0.2) is 42.3 Å². The van der Waals surface area contributed by atoms with Crippen LogP contribution < -0.4 is 5.32 Å². The number of halogens is 1. The third-order valence-electron chi connectivity index (χ3n) is 2.47. The number of ether oxygens (including phenoxy) is 1. The molecule has 1 atom stereocenters. The van der Waals surface area contributed by atoms with E-state index < -0.39 is 6.04 Å². The number of benzene rings is 1. The lowest BCUT2D eigenvalue weighted by Crippen LogP contribution is -2.39. The zero-order chi connectivity index (χ0) is 14.1. The Labute approximate surface area is 116 Å². The molecule has 0 fully saturated rings. The molecular weight excluding hydrogens is 269 g/mol. The fraction of sp³-hybridized carbons (Fsp3) is 0.462. The number of esters is 1. The van der Waals surface area contributed by atoms with E-state index in [4.69, 9.17) is 9.84 Å². The lowest BCUT2D eigenvalue weighted by atomic mass is 10.2. The third-order valence-corrected chi connectivity index (χ3v) is 3.51. The Balaban J connectivity index is 2.47. The molecule has 4 nitrogen and oxygen atoms in total. The molecule has 0 aliphatic rings. The molecule has 19 heavy (non-hydrogen) atoms. The zero-order valence-electron chi connectivity index (χ0n) is 10.8. The number of hydrogen-bond acceptors (Lipinski definition) is 5. The number of aliphatic hydroxyl groups excluding tert-OH is 1. The van der Waals surface area contributed by atoms with Crippen LogP contribution in [0.25, 0.3) is 0 Å². The minimum Gasteiger partial charge on any atom is -0.468 e. The Morgan fingerprint density at radius 1 is 1.47 bits per heavy atom. The molecule has 2 N–H and O–H groups in total.